The van der Waals surface area contributed by atoms with E-state index < -0.39 is 27.3 Å². The third-order valence-electron chi connectivity index (χ3n) is 4.84. The smallest absolute Gasteiger partial charge is 0.191 e. The molecule has 0 spiro atoms. The molecule has 170 valence electrons. The first-order chi connectivity index (χ1) is 14.3. The van der Waals surface area contributed by atoms with Gasteiger partial charge in [-0.15, -0.1) is 24.0 Å². The molecule has 1 unspecified atom stereocenters. The molecule has 1 aliphatic rings. The lowest BCUT2D eigenvalue weighted by molar-refractivity contribution is 0.566. The van der Waals surface area contributed by atoms with Gasteiger partial charge < -0.3 is 15.5 Å². The molecule has 1 aliphatic heterocycles. The lowest BCUT2D eigenvalue weighted by atomic mass is 10.2. The quantitative estimate of drug-likeness (QED) is 0.319. The Bertz CT molecular complexity index is 1040. The maximum atomic E-state index is 14.0. The first-order valence-electron chi connectivity index (χ1n) is 9.44. The molecule has 0 aliphatic carbocycles. The number of nitrogens with one attached hydrogen (secondary N) is 2. The molecule has 3 rings (SSSR count). The van der Waals surface area contributed by atoms with E-state index in [2.05, 4.69) is 15.6 Å². The molecule has 2 aromatic carbocycles. The number of rotatable bonds is 6. The third kappa shape index (κ3) is 6.48. The summed E-state index contributed by atoms with van der Waals surface area (Å²) in [4.78, 5) is 5.55. The summed E-state index contributed by atoms with van der Waals surface area (Å²) in [5, 5.41) is 6.08. The second-order valence-electron chi connectivity index (χ2n) is 6.92. The van der Waals surface area contributed by atoms with E-state index in [0.29, 0.717) is 31.2 Å². The Morgan fingerprint density at radius 3 is 2.58 bits per heavy atom. The van der Waals surface area contributed by atoms with Crippen LogP contribution < -0.4 is 15.5 Å². The Morgan fingerprint density at radius 2 is 1.90 bits per heavy atom. The van der Waals surface area contributed by atoms with Crippen LogP contribution in [0.4, 0.5) is 18.9 Å². The van der Waals surface area contributed by atoms with Gasteiger partial charge >= 0.3 is 0 Å². The van der Waals surface area contributed by atoms with E-state index in [4.69, 9.17) is 0 Å². The summed E-state index contributed by atoms with van der Waals surface area (Å²) in [6.07, 6.45) is 0.699. The first kappa shape index (κ1) is 25.2. The minimum absolute atomic E-state index is 0. The molecule has 11 heteroatoms. The van der Waals surface area contributed by atoms with Crippen molar-refractivity contribution in [3.8, 4) is 0 Å². The molecule has 1 fully saturated rings. The molecule has 0 amide bonds. The molecular formula is C20H24F3IN4O2S. The van der Waals surface area contributed by atoms with E-state index in [-0.39, 0.29) is 47.2 Å². The van der Waals surface area contributed by atoms with Gasteiger partial charge in [-0.2, -0.15) is 0 Å². The highest BCUT2D eigenvalue weighted by molar-refractivity contribution is 14.0. The molecule has 1 heterocycles. The SMILES string of the molecule is CN=C(NCCS(=O)(=O)c1ccccc1F)NC1CCN(c2ccc(F)cc2F)C1.I. The number of anilines is 1. The predicted octanol–water partition coefficient (Wildman–Crippen LogP) is 2.94. The summed E-state index contributed by atoms with van der Waals surface area (Å²) < 4.78 is 65.5. The van der Waals surface area contributed by atoms with Gasteiger partial charge in [0.1, 0.15) is 22.3 Å². The Hall–Kier alpha value is -2.02. The van der Waals surface area contributed by atoms with Crippen molar-refractivity contribution < 1.29 is 21.6 Å². The van der Waals surface area contributed by atoms with Crippen LogP contribution in [0.3, 0.4) is 0 Å². The van der Waals surface area contributed by atoms with Gasteiger partial charge in [-0.1, -0.05) is 12.1 Å². The number of hydrogen-bond donors (Lipinski definition) is 2. The molecule has 2 N–H and O–H groups in total. The van der Waals surface area contributed by atoms with Gasteiger partial charge in [0, 0.05) is 38.8 Å². The van der Waals surface area contributed by atoms with Crippen LogP contribution in [-0.4, -0.2) is 52.9 Å². The normalized spacial score (nSPS) is 16.7. The average molecular weight is 568 g/mol. The maximum Gasteiger partial charge on any atom is 0.191 e. The van der Waals surface area contributed by atoms with Gasteiger partial charge in [0.15, 0.2) is 15.8 Å². The predicted molar refractivity (Wildman–Crippen MR) is 125 cm³/mol. The summed E-state index contributed by atoms with van der Waals surface area (Å²) in [5.74, 6) is -1.92. The monoisotopic (exact) mass is 568 g/mol. The summed E-state index contributed by atoms with van der Waals surface area (Å²) in [5.41, 5.74) is 0.333. The molecule has 31 heavy (non-hydrogen) atoms. The van der Waals surface area contributed by atoms with E-state index >= 15 is 0 Å². The molecule has 1 saturated heterocycles. The van der Waals surface area contributed by atoms with E-state index in [1.54, 1.807) is 7.05 Å². The van der Waals surface area contributed by atoms with E-state index in [9.17, 15) is 21.6 Å². The number of nitrogens with zero attached hydrogens (tertiary/aromatic N) is 2. The fourth-order valence-electron chi connectivity index (χ4n) is 3.33. The summed E-state index contributed by atoms with van der Waals surface area (Å²) in [6, 6.07) is 8.68. The van der Waals surface area contributed by atoms with Crippen molar-refractivity contribution in [3.05, 3.63) is 59.9 Å². The highest BCUT2D eigenvalue weighted by Crippen LogP contribution is 2.24. The molecule has 1 atom stereocenters. The van der Waals surface area contributed by atoms with Crippen LogP contribution in [0.25, 0.3) is 0 Å². The molecule has 2 aromatic rings. The van der Waals surface area contributed by atoms with Crippen molar-refractivity contribution in [2.75, 3.05) is 37.3 Å². The number of hydrogen-bond acceptors (Lipinski definition) is 4. The zero-order valence-corrected chi connectivity index (χ0v) is 20.0. The van der Waals surface area contributed by atoms with Crippen LogP contribution in [0.5, 0.6) is 0 Å². The fourth-order valence-corrected chi connectivity index (χ4v) is 4.58. The van der Waals surface area contributed by atoms with E-state index in [1.165, 1.54) is 30.3 Å². The number of guanidine groups is 1. The first-order valence-corrected chi connectivity index (χ1v) is 11.1. The van der Waals surface area contributed by atoms with Crippen LogP contribution in [0.1, 0.15) is 6.42 Å². The Kier molecular flexibility index (Phi) is 8.98. The van der Waals surface area contributed by atoms with Crippen LogP contribution >= 0.6 is 24.0 Å². The molecule has 0 radical (unpaired) electrons. The second kappa shape index (κ2) is 11.0. The fraction of sp³-hybridized carbons (Fsp3) is 0.350. The minimum Gasteiger partial charge on any atom is -0.367 e. The summed E-state index contributed by atoms with van der Waals surface area (Å²) >= 11 is 0. The van der Waals surface area contributed by atoms with Gasteiger partial charge in [-0.25, -0.2) is 21.6 Å². The second-order valence-corrected chi connectivity index (χ2v) is 9.00. The zero-order chi connectivity index (χ0) is 21.7. The van der Waals surface area contributed by atoms with Gasteiger partial charge in [0.25, 0.3) is 0 Å². The van der Waals surface area contributed by atoms with E-state index in [0.717, 1.165) is 12.1 Å². The van der Waals surface area contributed by atoms with Crippen molar-refractivity contribution in [2.24, 2.45) is 4.99 Å². The Morgan fingerprint density at radius 1 is 1.16 bits per heavy atom. The minimum atomic E-state index is -3.78. The standard InChI is InChI=1S/C20H23F3N4O2S.HI/c1-24-20(25-9-11-30(28,29)19-5-3-2-4-16(19)22)26-15-8-10-27(13-15)18-7-6-14(21)12-17(18)23;/h2-7,12,15H,8-11,13H2,1H3,(H2,24,25,26);1H. The highest BCUT2D eigenvalue weighted by atomic mass is 127. The molecular weight excluding hydrogens is 544 g/mol. The highest BCUT2D eigenvalue weighted by Gasteiger charge is 2.25. The van der Waals surface area contributed by atoms with Crippen LogP contribution in [0, 0.1) is 17.5 Å². The topological polar surface area (TPSA) is 73.8 Å². The number of benzene rings is 2. The average Bonchev–Trinajstić information content (AvgIpc) is 3.15. The largest absolute Gasteiger partial charge is 0.367 e. The number of sulfone groups is 1. The van der Waals surface area contributed by atoms with Crippen LogP contribution in [0.15, 0.2) is 52.4 Å². The van der Waals surface area contributed by atoms with Crippen LogP contribution in [0.2, 0.25) is 0 Å². The molecule has 0 saturated carbocycles. The van der Waals surface area contributed by atoms with Crippen molar-refractivity contribution >= 4 is 45.5 Å². The van der Waals surface area contributed by atoms with Crippen molar-refractivity contribution in [1.82, 2.24) is 10.6 Å². The van der Waals surface area contributed by atoms with Gasteiger partial charge in [-0.05, 0) is 30.7 Å². The van der Waals surface area contributed by atoms with Gasteiger partial charge in [-0.3, -0.25) is 4.99 Å². The van der Waals surface area contributed by atoms with E-state index in [1.807, 2.05) is 4.90 Å². The zero-order valence-electron chi connectivity index (χ0n) is 16.8. The van der Waals surface area contributed by atoms with Crippen molar-refractivity contribution in [2.45, 2.75) is 17.4 Å². The Labute approximate surface area is 196 Å². The maximum absolute atomic E-state index is 14.0. The van der Waals surface area contributed by atoms with Gasteiger partial charge in [0.05, 0.1) is 11.4 Å². The molecule has 6 nitrogen and oxygen atoms in total. The lowest BCUT2D eigenvalue weighted by Crippen LogP contribution is -2.45. The van der Waals surface area contributed by atoms with Crippen molar-refractivity contribution in [3.63, 3.8) is 0 Å². The Balaban J connectivity index is 0.00000341. The number of aliphatic imine (C=N–C) groups is 1. The summed E-state index contributed by atoms with van der Waals surface area (Å²) in [7, 11) is -2.23. The number of halogens is 4. The molecule has 0 bridgehead atoms. The van der Waals surface area contributed by atoms with Crippen molar-refractivity contribution in [1.29, 1.82) is 0 Å². The summed E-state index contributed by atoms with van der Waals surface area (Å²) in [6.45, 7) is 1.11. The third-order valence-corrected chi connectivity index (χ3v) is 6.58. The van der Waals surface area contributed by atoms with Gasteiger partial charge in [0.2, 0.25) is 0 Å². The lowest BCUT2D eigenvalue weighted by Gasteiger charge is -2.21. The molecule has 0 aromatic heterocycles. The van der Waals surface area contributed by atoms with Crippen LogP contribution in [-0.2, 0) is 9.84 Å².